The number of rotatable bonds is 3. The summed E-state index contributed by atoms with van der Waals surface area (Å²) in [7, 11) is -4.00. The van der Waals surface area contributed by atoms with Crippen LogP contribution in [0.25, 0.3) is 0 Å². The molecule has 0 amide bonds. The van der Waals surface area contributed by atoms with Gasteiger partial charge in [0.25, 0.3) is 0 Å². The Bertz CT molecular complexity index is 584. The van der Waals surface area contributed by atoms with Crippen LogP contribution in [-0.4, -0.2) is 13.4 Å². The highest BCUT2D eigenvalue weighted by molar-refractivity contribution is 7.91. The van der Waals surface area contributed by atoms with Gasteiger partial charge in [0.1, 0.15) is 0 Å². The van der Waals surface area contributed by atoms with Crippen molar-refractivity contribution in [3.8, 4) is 0 Å². The fraction of sp³-hybridized carbons (Fsp3) is 0.0833. The molecular formula is C12H10FNO2S. The van der Waals surface area contributed by atoms with Crippen LogP contribution in [0.5, 0.6) is 0 Å². The van der Waals surface area contributed by atoms with Crippen molar-refractivity contribution in [3.05, 3.63) is 60.4 Å². The SMILES string of the molecule is O=S(=O)(c1ccncc1)C(F)c1ccccc1. The third kappa shape index (κ3) is 2.34. The van der Waals surface area contributed by atoms with Crippen LogP contribution < -0.4 is 0 Å². The normalized spacial score (nSPS) is 13.2. The highest BCUT2D eigenvalue weighted by atomic mass is 32.2. The predicted octanol–water partition coefficient (Wildman–Crippen LogP) is 2.52. The number of halogens is 1. The summed E-state index contributed by atoms with van der Waals surface area (Å²) in [6, 6.07) is 10.4. The van der Waals surface area contributed by atoms with E-state index in [-0.39, 0.29) is 10.5 Å². The highest BCUT2D eigenvalue weighted by Crippen LogP contribution is 2.29. The van der Waals surface area contributed by atoms with Gasteiger partial charge in [-0.3, -0.25) is 4.98 Å². The molecule has 0 aliphatic carbocycles. The van der Waals surface area contributed by atoms with Crippen molar-refractivity contribution in [1.29, 1.82) is 0 Å². The van der Waals surface area contributed by atoms with Crippen molar-refractivity contribution in [2.24, 2.45) is 0 Å². The summed E-state index contributed by atoms with van der Waals surface area (Å²) in [6.45, 7) is 0. The molecule has 0 fully saturated rings. The van der Waals surface area contributed by atoms with E-state index in [9.17, 15) is 12.8 Å². The lowest BCUT2D eigenvalue weighted by molar-refractivity contribution is 0.431. The van der Waals surface area contributed by atoms with Gasteiger partial charge in [0.15, 0.2) is 0 Å². The van der Waals surface area contributed by atoms with E-state index in [1.165, 1.54) is 36.7 Å². The van der Waals surface area contributed by atoms with Gasteiger partial charge in [0, 0.05) is 18.0 Å². The van der Waals surface area contributed by atoms with Gasteiger partial charge in [-0.25, -0.2) is 12.8 Å². The molecule has 1 aromatic heterocycles. The van der Waals surface area contributed by atoms with Crippen molar-refractivity contribution in [1.82, 2.24) is 4.98 Å². The molecule has 88 valence electrons. The standard InChI is InChI=1S/C12H10FNO2S/c13-12(10-4-2-1-3-5-10)17(15,16)11-6-8-14-9-7-11/h1-9,12H. The van der Waals surface area contributed by atoms with Crippen molar-refractivity contribution >= 4 is 9.84 Å². The third-order valence-electron chi connectivity index (χ3n) is 2.31. The quantitative estimate of drug-likeness (QED) is 0.842. The van der Waals surface area contributed by atoms with Crippen LogP contribution in [-0.2, 0) is 9.84 Å². The average Bonchev–Trinajstić information content (AvgIpc) is 2.40. The molecule has 5 heteroatoms. The Morgan fingerprint density at radius 1 is 1.00 bits per heavy atom. The summed E-state index contributed by atoms with van der Waals surface area (Å²) < 4.78 is 37.8. The van der Waals surface area contributed by atoms with Crippen LogP contribution in [0.15, 0.2) is 59.8 Å². The van der Waals surface area contributed by atoms with Gasteiger partial charge in [-0.1, -0.05) is 30.3 Å². The molecule has 1 heterocycles. The number of sulfone groups is 1. The van der Waals surface area contributed by atoms with Gasteiger partial charge in [-0.15, -0.1) is 0 Å². The number of hydrogen-bond acceptors (Lipinski definition) is 3. The van der Waals surface area contributed by atoms with Crippen LogP contribution in [0.1, 0.15) is 11.1 Å². The molecule has 2 aromatic rings. The molecule has 0 saturated heterocycles. The lowest BCUT2D eigenvalue weighted by Gasteiger charge is -2.09. The molecule has 1 aromatic carbocycles. The average molecular weight is 251 g/mol. The Kier molecular flexibility index (Phi) is 3.19. The summed E-state index contributed by atoms with van der Waals surface area (Å²) in [5, 5.41) is 0. The van der Waals surface area contributed by atoms with E-state index < -0.39 is 15.3 Å². The van der Waals surface area contributed by atoms with Crippen LogP contribution >= 0.6 is 0 Å². The van der Waals surface area contributed by atoms with E-state index in [2.05, 4.69) is 4.98 Å². The Hall–Kier alpha value is -1.75. The Labute approximate surface area is 98.9 Å². The second-order valence-electron chi connectivity index (χ2n) is 3.45. The van der Waals surface area contributed by atoms with E-state index in [1.54, 1.807) is 18.2 Å². The first-order valence-electron chi connectivity index (χ1n) is 4.95. The molecule has 1 unspecified atom stereocenters. The summed E-state index contributed by atoms with van der Waals surface area (Å²) >= 11 is 0. The molecule has 0 saturated carbocycles. The molecule has 17 heavy (non-hydrogen) atoms. The zero-order valence-electron chi connectivity index (χ0n) is 8.82. The molecule has 0 spiro atoms. The van der Waals surface area contributed by atoms with E-state index in [0.29, 0.717) is 0 Å². The number of hydrogen-bond donors (Lipinski definition) is 0. The van der Waals surface area contributed by atoms with Crippen LogP contribution in [0, 0.1) is 0 Å². The first-order valence-corrected chi connectivity index (χ1v) is 6.50. The third-order valence-corrected chi connectivity index (χ3v) is 4.06. The zero-order chi connectivity index (χ0) is 12.3. The Balaban J connectivity index is 2.41. The van der Waals surface area contributed by atoms with Crippen LogP contribution in [0.3, 0.4) is 0 Å². The van der Waals surface area contributed by atoms with E-state index in [4.69, 9.17) is 0 Å². The number of pyridine rings is 1. The van der Waals surface area contributed by atoms with Gasteiger partial charge in [0.2, 0.25) is 15.3 Å². The first-order chi connectivity index (χ1) is 8.12. The summed E-state index contributed by atoms with van der Waals surface area (Å²) in [5.41, 5.74) is -1.92. The topological polar surface area (TPSA) is 47.0 Å². The lowest BCUT2D eigenvalue weighted by Crippen LogP contribution is -2.09. The molecule has 0 aliphatic rings. The lowest BCUT2D eigenvalue weighted by atomic mass is 10.2. The minimum atomic E-state index is -4.00. The van der Waals surface area contributed by atoms with Crippen molar-refractivity contribution < 1.29 is 12.8 Å². The van der Waals surface area contributed by atoms with E-state index >= 15 is 0 Å². The zero-order valence-corrected chi connectivity index (χ0v) is 9.64. The second kappa shape index (κ2) is 4.63. The van der Waals surface area contributed by atoms with Gasteiger partial charge < -0.3 is 0 Å². The van der Waals surface area contributed by atoms with Crippen molar-refractivity contribution in [3.63, 3.8) is 0 Å². The van der Waals surface area contributed by atoms with Gasteiger partial charge in [0.05, 0.1) is 4.90 Å². The minimum absolute atomic E-state index is 0.0659. The molecule has 0 N–H and O–H groups in total. The van der Waals surface area contributed by atoms with Gasteiger partial charge >= 0.3 is 0 Å². The molecule has 0 bridgehead atoms. The molecule has 2 rings (SSSR count). The second-order valence-corrected chi connectivity index (χ2v) is 5.43. The summed E-state index contributed by atoms with van der Waals surface area (Å²) in [5.74, 6) is 0. The maximum absolute atomic E-state index is 14.0. The summed E-state index contributed by atoms with van der Waals surface area (Å²) in [4.78, 5) is 3.64. The molecule has 1 atom stereocenters. The molecule has 0 aliphatic heterocycles. The fourth-order valence-corrected chi connectivity index (χ4v) is 2.69. The van der Waals surface area contributed by atoms with Crippen LogP contribution in [0.2, 0.25) is 0 Å². The monoisotopic (exact) mass is 251 g/mol. The fourth-order valence-electron chi connectivity index (χ4n) is 1.43. The van der Waals surface area contributed by atoms with E-state index in [1.807, 2.05) is 0 Å². The van der Waals surface area contributed by atoms with Gasteiger partial charge in [-0.2, -0.15) is 0 Å². The minimum Gasteiger partial charge on any atom is -0.265 e. The first kappa shape index (κ1) is 11.7. The number of alkyl halides is 1. The van der Waals surface area contributed by atoms with Crippen molar-refractivity contribution in [2.75, 3.05) is 0 Å². The largest absolute Gasteiger partial charge is 0.265 e. The maximum atomic E-state index is 14.0. The number of benzene rings is 1. The Morgan fingerprint density at radius 2 is 1.59 bits per heavy atom. The van der Waals surface area contributed by atoms with Crippen molar-refractivity contribution in [2.45, 2.75) is 10.4 Å². The number of aromatic nitrogens is 1. The van der Waals surface area contributed by atoms with Gasteiger partial charge in [-0.05, 0) is 12.1 Å². The van der Waals surface area contributed by atoms with Crippen LogP contribution in [0.4, 0.5) is 4.39 Å². The summed E-state index contributed by atoms with van der Waals surface area (Å²) in [6.07, 6.45) is 2.65. The predicted molar refractivity (Wildman–Crippen MR) is 61.7 cm³/mol. The maximum Gasteiger partial charge on any atom is 0.230 e. The molecule has 0 radical (unpaired) electrons. The number of nitrogens with zero attached hydrogens (tertiary/aromatic N) is 1. The molecule has 3 nitrogen and oxygen atoms in total. The smallest absolute Gasteiger partial charge is 0.230 e. The molecular weight excluding hydrogens is 241 g/mol. The van der Waals surface area contributed by atoms with E-state index in [0.717, 1.165) is 0 Å². The highest BCUT2D eigenvalue weighted by Gasteiger charge is 2.28. The Morgan fingerprint density at radius 3 is 2.18 bits per heavy atom.